The molecular weight excluding hydrogens is 429 g/mol. The molecule has 2 heterocycles. The van der Waals surface area contributed by atoms with Crippen LogP contribution in [0.3, 0.4) is 0 Å². The fourth-order valence-electron chi connectivity index (χ4n) is 4.81. The quantitative estimate of drug-likeness (QED) is 0.598. The number of halogens is 3. The van der Waals surface area contributed by atoms with Crippen LogP contribution in [0.15, 0.2) is 48.5 Å². The molecule has 0 unspecified atom stereocenters. The van der Waals surface area contributed by atoms with Crippen LogP contribution in [0, 0.1) is 5.92 Å². The van der Waals surface area contributed by atoms with E-state index in [0.29, 0.717) is 42.6 Å². The minimum atomic E-state index is -4.40. The van der Waals surface area contributed by atoms with Crippen molar-refractivity contribution in [3.8, 4) is 11.1 Å². The maximum absolute atomic E-state index is 13.3. The molecule has 2 amide bonds. The second kappa shape index (κ2) is 9.98. The summed E-state index contributed by atoms with van der Waals surface area (Å²) in [7, 11) is 0. The number of amides is 2. The molecule has 2 aromatic carbocycles. The minimum Gasteiger partial charge on any atom is -0.342 e. The first-order chi connectivity index (χ1) is 15.8. The lowest BCUT2D eigenvalue weighted by atomic mass is 9.93. The molecule has 2 saturated heterocycles. The lowest BCUT2D eigenvalue weighted by molar-refractivity contribution is -0.138. The summed E-state index contributed by atoms with van der Waals surface area (Å²) < 4.78 is 38.7. The summed E-state index contributed by atoms with van der Waals surface area (Å²) >= 11 is 0. The van der Waals surface area contributed by atoms with Crippen LogP contribution in [0.2, 0.25) is 0 Å². The van der Waals surface area contributed by atoms with Gasteiger partial charge in [0.25, 0.3) is 5.91 Å². The van der Waals surface area contributed by atoms with Crippen molar-refractivity contribution in [3.05, 3.63) is 59.7 Å². The highest BCUT2D eigenvalue weighted by atomic mass is 19.4. The van der Waals surface area contributed by atoms with E-state index in [4.69, 9.17) is 0 Å². The Morgan fingerprint density at radius 2 is 1.36 bits per heavy atom. The van der Waals surface area contributed by atoms with Gasteiger partial charge in [0.2, 0.25) is 5.91 Å². The molecule has 0 spiro atoms. The Labute approximate surface area is 192 Å². The van der Waals surface area contributed by atoms with Crippen molar-refractivity contribution in [2.75, 3.05) is 26.2 Å². The van der Waals surface area contributed by atoms with Crippen LogP contribution in [0.1, 0.15) is 54.4 Å². The van der Waals surface area contributed by atoms with E-state index in [1.54, 1.807) is 29.2 Å². The zero-order valence-electron chi connectivity index (χ0n) is 18.6. The predicted octanol–water partition coefficient (Wildman–Crippen LogP) is 5.63. The molecule has 0 radical (unpaired) electrons. The maximum atomic E-state index is 13.3. The van der Waals surface area contributed by atoms with Crippen LogP contribution in [0.5, 0.6) is 0 Å². The molecule has 0 saturated carbocycles. The van der Waals surface area contributed by atoms with Crippen molar-refractivity contribution in [3.63, 3.8) is 0 Å². The number of carbonyl (C=O) groups excluding carboxylic acids is 2. The highest BCUT2D eigenvalue weighted by Crippen LogP contribution is 2.32. The van der Waals surface area contributed by atoms with Crippen molar-refractivity contribution < 1.29 is 22.8 Å². The molecule has 33 heavy (non-hydrogen) atoms. The number of hydrogen-bond acceptors (Lipinski definition) is 2. The number of nitrogens with zero attached hydrogens (tertiary/aromatic N) is 2. The second-order valence-corrected chi connectivity index (χ2v) is 8.93. The van der Waals surface area contributed by atoms with E-state index in [1.165, 1.54) is 25.0 Å². The molecule has 176 valence electrons. The number of piperidine rings is 1. The molecule has 2 aromatic rings. The van der Waals surface area contributed by atoms with E-state index < -0.39 is 11.7 Å². The first-order valence-electron chi connectivity index (χ1n) is 11.7. The highest BCUT2D eigenvalue weighted by Gasteiger charge is 2.32. The molecular formula is C26H29F3N2O2. The fourth-order valence-corrected chi connectivity index (χ4v) is 4.81. The van der Waals surface area contributed by atoms with Gasteiger partial charge in [0, 0.05) is 37.7 Å². The lowest BCUT2D eigenvalue weighted by Gasteiger charge is -2.34. The normalized spacial score (nSPS) is 18.2. The molecule has 0 atom stereocenters. The molecule has 0 bridgehead atoms. The molecule has 0 N–H and O–H groups in total. The van der Waals surface area contributed by atoms with Gasteiger partial charge in [-0.2, -0.15) is 13.2 Å². The summed E-state index contributed by atoms with van der Waals surface area (Å²) in [6, 6.07) is 11.9. The van der Waals surface area contributed by atoms with Gasteiger partial charge in [-0.05, 0) is 55.0 Å². The Morgan fingerprint density at radius 3 is 1.97 bits per heavy atom. The van der Waals surface area contributed by atoms with Gasteiger partial charge in [0.1, 0.15) is 0 Å². The van der Waals surface area contributed by atoms with Gasteiger partial charge in [-0.1, -0.05) is 43.2 Å². The number of carbonyl (C=O) groups is 2. The van der Waals surface area contributed by atoms with Crippen LogP contribution in [-0.4, -0.2) is 47.8 Å². The molecule has 4 nitrogen and oxygen atoms in total. The summed E-state index contributed by atoms with van der Waals surface area (Å²) in [6.07, 6.45) is 1.35. The van der Waals surface area contributed by atoms with Gasteiger partial charge in [-0.15, -0.1) is 0 Å². The number of likely N-dealkylation sites (tertiary alicyclic amines) is 2. The van der Waals surface area contributed by atoms with Crippen LogP contribution >= 0.6 is 0 Å². The van der Waals surface area contributed by atoms with Crippen molar-refractivity contribution in [2.45, 2.75) is 44.7 Å². The Kier molecular flexibility index (Phi) is 7.05. The Morgan fingerprint density at radius 1 is 0.758 bits per heavy atom. The molecule has 2 fully saturated rings. The van der Waals surface area contributed by atoms with Crippen molar-refractivity contribution in [1.82, 2.24) is 9.80 Å². The van der Waals surface area contributed by atoms with E-state index >= 15 is 0 Å². The van der Waals surface area contributed by atoms with Crippen LogP contribution < -0.4 is 0 Å². The molecule has 0 aliphatic carbocycles. The SMILES string of the molecule is O=C(c1ccccc1-c1ccc(C(F)(F)F)cc1)N1CCC(C(=O)N2CCCCCC2)CC1. The van der Waals surface area contributed by atoms with Crippen molar-refractivity contribution in [1.29, 1.82) is 0 Å². The third-order valence-electron chi connectivity index (χ3n) is 6.73. The van der Waals surface area contributed by atoms with E-state index in [1.807, 2.05) is 4.90 Å². The third kappa shape index (κ3) is 5.40. The first kappa shape index (κ1) is 23.3. The molecule has 2 aliphatic rings. The highest BCUT2D eigenvalue weighted by molar-refractivity contribution is 6.01. The summed E-state index contributed by atoms with van der Waals surface area (Å²) in [5, 5.41) is 0. The largest absolute Gasteiger partial charge is 0.416 e. The predicted molar refractivity (Wildman–Crippen MR) is 121 cm³/mol. The van der Waals surface area contributed by atoms with Gasteiger partial charge >= 0.3 is 6.18 Å². The standard InChI is InChI=1S/C26H29F3N2O2/c27-26(28,29)21-11-9-19(10-12-21)22-7-3-4-8-23(22)25(33)31-17-13-20(14-18-31)24(32)30-15-5-1-2-6-16-30/h3-4,7-12,20H,1-2,5-6,13-18H2. The molecule has 7 heteroatoms. The zero-order chi connectivity index (χ0) is 23.4. The van der Waals surface area contributed by atoms with E-state index in [9.17, 15) is 22.8 Å². The number of alkyl halides is 3. The van der Waals surface area contributed by atoms with Crippen LogP contribution in [0.4, 0.5) is 13.2 Å². The first-order valence-corrected chi connectivity index (χ1v) is 11.7. The van der Waals surface area contributed by atoms with Gasteiger partial charge in [-0.3, -0.25) is 9.59 Å². The van der Waals surface area contributed by atoms with E-state index in [-0.39, 0.29) is 17.7 Å². The second-order valence-electron chi connectivity index (χ2n) is 8.93. The Bertz CT molecular complexity index is 972. The minimum absolute atomic E-state index is 0.0442. The number of rotatable bonds is 3. The van der Waals surface area contributed by atoms with E-state index in [2.05, 4.69) is 0 Å². The van der Waals surface area contributed by atoms with Gasteiger partial charge in [0.05, 0.1) is 5.56 Å². The summed E-state index contributed by atoms with van der Waals surface area (Å²) in [6.45, 7) is 2.67. The van der Waals surface area contributed by atoms with Gasteiger partial charge < -0.3 is 9.80 Å². The van der Waals surface area contributed by atoms with Crippen LogP contribution in [0.25, 0.3) is 11.1 Å². The third-order valence-corrected chi connectivity index (χ3v) is 6.73. The topological polar surface area (TPSA) is 40.6 Å². The lowest BCUT2D eigenvalue weighted by Crippen LogP contribution is -2.44. The zero-order valence-corrected chi connectivity index (χ0v) is 18.6. The molecule has 0 aromatic heterocycles. The fraction of sp³-hybridized carbons (Fsp3) is 0.462. The Balaban J connectivity index is 1.44. The maximum Gasteiger partial charge on any atom is 0.416 e. The molecule has 4 rings (SSSR count). The average Bonchev–Trinajstić information content (AvgIpc) is 3.12. The van der Waals surface area contributed by atoms with Crippen molar-refractivity contribution in [2.24, 2.45) is 5.92 Å². The van der Waals surface area contributed by atoms with Crippen molar-refractivity contribution >= 4 is 11.8 Å². The number of benzene rings is 2. The van der Waals surface area contributed by atoms with Gasteiger partial charge in [0.15, 0.2) is 0 Å². The van der Waals surface area contributed by atoms with E-state index in [0.717, 1.165) is 38.1 Å². The smallest absolute Gasteiger partial charge is 0.342 e. The molecule has 2 aliphatic heterocycles. The average molecular weight is 459 g/mol. The van der Waals surface area contributed by atoms with Gasteiger partial charge in [-0.25, -0.2) is 0 Å². The Hall–Kier alpha value is -2.83. The number of hydrogen-bond donors (Lipinski definition) is 0. The van der Waals surface area contributed by atoms with Crippen LogP contribution in [-0.2, 0) is 11.0 Å². The summed E-state index contributed by atoms with van der Waals surface area (Å²) in [5.41, 5.74) is 0.929. The monoisotopic (exact) mass is 458 g/mol. The summed E-state index contributed by atoms with van der Waals surface area (Å²) in [5.74, 6) is 0.0256. The summed E-state index contributed by atoms with van der Waals surface area (Å²) in [4.78, 5) is 30.0.